The summed E-state index contributed by atoms with van der Waals surface area (Å²) in [7, 11) is 0. The van der Waals surface area contributed by atoms with E-state index < -0.39 is 0 Å². The van der Waals surface area contributed by atoms with Crippen molar-refractivity contribution in [3.8, 4) is 5.69 Å². The van der Waals surface area contributed by atoms with Crippen LogP contribution in [0.5, 0.6) is 0 Å². The number of imidazole rings is 1. The molecular formula is C14H15BrN4S. The Bertz CT molecular complexity index is 856. The fourth-order valence-corrected chi connectivity index (χ4v) is 3.11. The lowest BCUT2D eigenvalue weighted by molar-refractivity contribution is 0.661. The minimum atomic E-state index is 0.698. The Morgan fingerprint density at radius 3 is 2.80 bits per heavy atom. The van der Waals surface area contributed by atoms with Crippen molar-refractivity contribution in [3.05, 3.63) is 38.7 Å². The second-order valence-electron chi connectivity index (χ2n) is 4.80. The lowest BCUT2D eigenvalue weighted by atomic mass is 10.2. The zero-order chi connectivity index (χ0) is 14.4. The average Bonchev–Trinajstić information content (AvgIpc) is 2.90. The first-order chi connectivity index (χ1) is 9.52. The first-order valence-corrected chi connectivity index (χ1v) is 7.67. The van der Waals surface area contributed by atoms with Gasteiger partial charge in [-0.1, -0.05) is 22.0 Å². The highest BCUT2D eigenvalue weighted by molar-refractivity contribution is 9.10. The summed E-state index contributed by atoms with van der Waals surface area (Å²) >= 11 is 9.04. The van der Waals surface area contributed by atoms with Crippen LogP contribution in [-0.2, 0) is 6.54 Å². The topological polar surface area (TPSA) is 38.5 Å². The lowest BCUT2D eigenvalue weighted by Gasteiger charge is -2.10. The molecule has 2 heterocycles. The summed E-state index contributed by atoms with van der Waals surface area (Å²) in [5.74, 6) is 0. The number of rotatable bonds is 2. The van der Waals surface area contributed by atoms with Gasteiger partial charge in [0.25, 0.3) is 0 Å². The molecule has 0 aliphatic heterocycles. The fourth-order valence-electron chi connectivity index (χ4n) is 2.47. The molecule has 3 rings (SSSR count). The van der Waals surface area contributed by atoms with Gasteiger partial charge in [0.05, 0.1) is 11.4 Å². The van der Waals surface area contributed by atoms with Crippen LogP contribution in [-0.4, -0.2) is 19.3 Å². The molecule has 6 heteroatoms. The molecule has 4 nitrogen and oxygen atoms in total. The van der Waals surface area contributed by atoms with Gasteiger partial charge in [0, 0.05) is 11.0 Å². The number of hydrogen-bond acceptors (Lipinski definition) is 2. The summed E-state index contributed by atoms with van der Waals surface area (Å²) in [6.07, 6.45) is 0. The molecule has 0 saturated carbocycles. The minimum Gasteiger partial charge on any atom is -0.327 e. The van der Waals surface area contributed by atoms with Crippen molar-refractivity contribution in [1.82, 2.24) is 19.3 Å². The molecule has 0 aliphatic carbocycles. The third-order valence-corrected chi connectivity index (χ3v) is 4.24. The van der Waals surface area contributed by atoms with Gasteiger partial charge >= 0.3 is 0 Å². The Morgan fingerprint density at radius 1 is 1.35 bits per heavy atom. The van der Waals surface area contributed by atoms with E-state index in [1.54, 1.807) is 0 Å². The molecule has 0 aliphatic rings. The Kier molecular flexibility index (Phi) is 3.30. The number of aryl methyl sites for hydroxylation is 3. The van der Waals surface area contributed by atoms with Crippen molar-refractivity contribution >= 4 is 39.3 Å². The molecule has 104 valence electrons. The minimum absolute atomic E-state index is 0.698. The summed E-state index contributed by atoms with van der Waals surface area (Å²) < 4.78 is 5.78. The monoisotopic (exact) mass is 350 g/mol. The molecule has 2 aromatic heterocycles. The van der Waals surface area contributed by atoms with Gasteiger partial charge < -0.3 is 4.98 Å². The smallest absolute Gasteiger partial charge is 0.184 e. The number of nitrogens with zero attached hydrogens (tertiary/aromatic N) is 3. The van der Waals surface area contributed by atoms with Crippen molar-refractivity contribution in [3.63, 3.8) is 0 Å². The van der Waals surface area contributed by atoms with E-state index in [0.29, 0.717) is 4.77 Å². The highest BCUT2D eigenvalue weighted by atomic mass is 79.9. The zero-order valence-electron chi connectivity index (χ0n) is 11.6. The van der Waals surface area contributed by atoms with E-state index >= 15 is 0 Å². The quantitative estimate of drug-likeness (QED) is 0.700. The van der Waals surface area contributed by atoms with Crippen LogP contribution in [0.25, 0.3) is 16.9 Å². The third-order valence-electron chi connectivity index (χ3n) is 3.46. The van der Waals surface area contributed by atoms with E-state index in [9.17, 15) is 0 Å². The number of aromatic nitrogens is 4. The number of halogens is 1. The van der Waals surface area contributed by atoms with Crippen molar-refractivity contribution in [2.45, 2.75) is 27.3 Å². The first kappa shape index (κ1) is 13.6. The van der Waals surface area contributed by atoms with E-state index in [4.69, 9.17) is 12.2 Å². The maximum Gasteiger partial charge on any atom is 0.184 e. The molecule has 0 bridgehead atoms. The van der Waals surface area contributed by atoms with Gasteiger partial charge in [-0.05, 0) is 50.7 Å². The second kappa shape index (κ2) is 4.86. The number of nitrogens with one attached hydrogen (secondary N) is 1. The Hall–Kier alpha value is -1.40. The van der Waals surface area contributed by atoms with Gasteiger partial charge in [-0.3, -0.25) is 4.57 Å². The van der Waals surface area contributed by atoms with E-state index in [2.05, 4.69) is 56.6 Å². The predicted molar refractivity (Wildman–Crippen MR) is 87.1 cm³/mol. The molecule has 0 spiro atoms. The Balaban J connectivity index is 2.44. The van der Waals surface area contributed by atoms with Crippen LogP contribution < -0.4 is 0 Å². The van der Waals surface area contributed by atoms with Gasteiger partial charge in [-0.25, -0.2) is 4.68 Å². The van der Waals surface area contributed by atoms with Crippen LogP contribution in [0.2, 0.25) is 0 Å². The highest BCUT2D eigenvalue weighted by Crippen LogP contribution is 2.26. The van der Waals surface area contributed by atoms with Crippen LogP contribution in [0.15, 0.2) is 22.7 Å². The van der Waals surface area contributed by atoms with Crippen LogP contribution >= 0.6 is 28.1 Å². The molecule has 20 heavy (non-hydrogen) atoms. The summed E-state index contributed by atoms with van der Waals surface area (Å²) in [5, 5.41) is 4.55. The largest absolute Gasteiger partial charge is 0.327 e. The fraction of sp³-hybridized carbons (Fsp3) is 0.286. The Labute approximate surface area is 130 Å². The van der Waals surface area contributed by atoms with Crippen LogP contribution in [0.1, 0.15) is 18.2 Å². The number of fused-ring (bicyclic) bond motifs is 1. The molecule has 0 radical (unpaired) electrons. The van der Waals surface area contributed by atoms with Crippen LogP contribution in [0, 0.1) is 18.6 Å². The summed E-state index contributed by atoms with van der Waals surface area (Å²) in [4.78, 5) is 3.27. The van der Waals surface area contributed by atoms with E-state index in [1.807, 2.05) is 17.7 Å². The summed E-state index contributed by atoms with van der Waals surface area (Å²) in [6.45, 7) is 6.98. The highest BCUT2D eigenvalue weighted by Gasteiger charge is 2.16. The number of benzene rings is 1. The SMILES string of the molecule is CCn1nc(C)c2[nH]c(=S)n(-c3cc(Br)ccc3C)c21. The molecular weight excluding hydrogens is 336 g/mol. The molecule has 1 aromatic carbocycles. The normalized spacial score (nSPS) is 11.4. The van der Waals surface area contributed by atoms with E-state index in [0.717, 1.165) is 33.6 Å². The number of aromatic amines is 1. The number of H-pyrrole nitrogens is 1. The molecule has 0 fully saturated rings. The lowest BCUT2D eigenvalue weighted by Crippen LogP contribution is -2.04. The summed E-state index contributed by atoms with van der Waals surface area (Å²) in [5.41, 5.74) is 5.25. The maximum atomic E-state index is 5.51. The first-order valence-electron chi connectivity index (χ1n) is 6.47. The van der Waals surface area contributed by atoms with Crippen molar-refractivity contribution < 1.29 is 0 Å². The molecule has 0 atom stereocenters. The predicted octanol–water partition coefficient (Wildman–Crippen LogP) is 4.28. The molecule has 0 unspecified atom stereocenters. The maximum absolute atomic E-state index is 5.51. The van der Waals surface area contributed by atoms with Crippen LogP contribution in [0.3, 0.4) is 0 Å². The molecule has 1 N–H and O–H groups in total. The molecule has 0 saturated heterocycles. The summed E-state index contributed by atoms with van der Waals surface area (Å²) in [6, 6.07) is 6.20. The Morgan fingerprint density at radius 2 is 2.10 bits per heavy atom. The average molecular weight is 351 g/mol. The van der Waals surface area contributed by atoms with Gasteiger partial charge in [-0.2, -0.15) is 5.10 Å². The van der Waals surface area contributed by atoms with Gasteiger partial charge in [-0.15, -0.1) is 0 Å². The van der Waals surface area contributed by atoms with E-state index in [1.165, 1.54) is 5.56 Å². The standard InChI is InChI=1S/C14H15BrN4S/c1-4-18-13-12(9(3)17-18)16-14(20)19(13)11-7-10(15)6-5-8(11)2/h5-7H,4H2,1-3H3,(H,16,20). The van der Waals surface area contributed by atoms with Crippen LogP contribution in [0.4, 0.5) is 0 Å². The second-order valence-corrected chi connectivity index (χ2v) is 6.10. The van der Waals surface area contributed by atoms with Crippen molar-refractivity contribution in [1.29, 1.82) is 0 Å². The van der Waals surface area contributed by atoms with Crippen molar-refractivity contribution in [2.75, 3.05) is 0 Å². The molecule has 3 aromatic rings. The van der Waals surface area contributed by atoms with E-state index in [-0.39, 0.29) is 0 Å². The van der Waals surface area contributed by atoms with Gasteiger partial charge in [0.1, 0.15) is 5.52 Å². The zero-order valence-corrected chi connectivity index (χ0v) is 14.0. The van der Waals surface area contributed by atoms with Gasteiger partial charge in [0.15, 0.2) is 10.4 Å². The number of hydrogen-bond donors (Lipinski definition) is 1. The van der Waals surface area contributed by atoms with Crippen molar-refractivity contribution in [2.24, 2.45) is 0 Å². The molecule has 0 amide bonds. The van der Waals surface area contributed by atoms with Gasteiger partial charge in [0.2, 0.25) is 0 Å². The third kappa shape index (κ3) is 1.94.